The third kappa shape index (κ3) is 42.9. The maximum Gasteiger partial charge on any atom is 0.306 e. The monoisotopic (exact) mass is 820 g/mol. The summed E-state index contributed by atoms with van der Waals surface area (Å²) < 4.78 is 33.8. The van der Waals surface area contributed by atoms with Gasteiger partial charge < -0.3 is 27.9 Å². The average Bonchev–Trinajstić information content (AvgIpc) is 3.16. The van der Waals surface area contributed by atoms with Gasteiger partial charge in [-0.25, -0.2) is 0 Å². The molecule has 0 aliphatic heterocycles. The molecule has 0 spiro atoms. The van der Waals surface area contributed by atoms with Crippen LogP contribution in [-0.4, -0.2) is 70.0 Å². The zero-order valence-corrected chi connectivity index (χ0v) is 37.7. The average molecular weight is 820 g/mol. The third-order valence-corrected chi connectivity index (χ3v) is 9.92. The van der Waals surface area contributed by atoms with Crippen molar-refractivity contribution in [2.75, 3.05) is 47.5 Å². The molecule has 0 amide bonds. The number of quaternary nitrogens is 1. The first-order valence-corrected chi connectivity index (χ1v) is 23.6. The molecule has 0 bridgehead atoms. The SMILES string of the molecule is CC/C=C/C/C=C/C/C=C/C/C=C/C/C=C/CCCCCC(=O)O[C@H](COC(=O)CCCCCCC/C=C/CCCCCCC)COP(=O)([O-])OCC[N+](C)(C)C. The lowest BCUT2D eigenvalue weighted by Crippen LogP contribution is -2.37. The van der Waals surface area contributed by atoms with Crippen LogP contribution >= 0.6 is 7.82 Å². The van der Waals surface area contributed by atoms with Gasteiger partial charge in [-0.3, -0.25) is 14.2 Å². The van der Waals surface area contributed by atoms with Crippen LogP contribution in [0.3, 0.4) is 0 Å². The largest absolute Gasteiger partial charge is 0.756 e. The Bertz CT molecular complexity index is 1200. The summed E-state index contributed by atoms with van der Waals surface area (Å²) in [6.07, 6.45) is 47.8. The van der Waals surface area contributed by atoms with E-state index in [2.05, 4.69) is 86.8 Å². The Morgan fingerprint density at radius 3 is 1.53 bits per heavy atom. The number of ether oxygens (including phenoxy) is 2. The van der Waals surface area contributed by atoms with Gasteiger partial charge in [-0.2, -0.15) is 0 Å². The molecule has 0 aliphatic rings. The highest BCUT2D eigenvalue weighted by atomic mass is 31.2. The van der Waals surface area contributed by atoms with E-state index < -0.39 is 32.5 Å². The Kier molecular flexibility index (Phi) is 37.2. The van der Waals surface area contributed by atoms with E-state index in [-0.39, 0.29) is 26.1 Å². The smallest absolute Gasteiger partial charge is 0.306 e. The lowest BCUT2D eigenvalue weighted by atomic mass is 10.1. The Hall–Kier alpha value is -2.55. The highest BCUT2D eigenvalue weighted by Gasteiger charge is 2.21. The fourth-order valence-corrected chi connectivity index (χ4v) is 6.23. The fraction of sp³-hybridized carbons (Fsp3) is 0.702. The zero-order valence-electron chi connectivity index (χ0n) is 36.8. The molecule has 9 nitrogen and oxygen atoms in total. The quantitative estimate of drug-likeness (QED) is 0.0198. The lowest BCUT2D eigenvalue weighted by molar-refractivity contribution is -0.870. The maximum atomic E-state index is 12.7. The van der Waals surface area contributed by atoms with Crippen LogP contribution in [0.15, 0.2) is 72.9 Å². The van der Waals surface area contributed by atoms with Crippen molar-refractivity contribution in [1.82, 2.24) is 0 Å². The summed E-state index contributed by atoms with van der Waals surface area (Å²) in [6.45, 7) is 4.04. The van der Waals surface area contributed by atoms with Crippen LogP contribution in [-0.2, 0) is 32.7 Å². The Labute approximate surface area is 348 Å². The summed E-state index contributed by atoms with van der Waals surface area (Å²) >= 11 is 0. The number of carbonyl (C=O) groups is 2. The minimum atomic E-state index is -4.64. The molecule has 0 aliphatic carbocycles. The molecule has 0 fully saturated rings. The number of likely N-dealkylation sites (N-methyl/N-ethyl adjacent to an activating group) is 1. The second-order valence-electron chi connectivity index (χ2n) is 15.7. The van der Waals surface area contributed by atoms with E-state index in [0.717, 1.165) is 83.5 Å². The molecule has 0 heterocycles. The van der Waals surface area contributed by atoms with Crippen molar-refractivity contribution < 1.29 is 42.1 Å². The number of allylic oxidation sites excluding steroid dienone is 12. The predicted octanol–water partition coefficient (Wildman–Crippen LogP) is 12.0. The van der Waals surface area contributed by atoms with Crippen LogP contribution in [0.1, 0.15) is 162 Å². The third-order valence-electron chi connectivity index (χ3n) is 8.96. The molecule has 0 aromatic heterocycles. The van der Waals surface area contributed by atoms with Crippen molar-refractivity contribution in [2.24, 2.45) is 0 Å². The van der Waals surface area contributed by atoms with Crippen LogP contribution in [0, 0.1) is 0 Å². The summed E-state index contributed by atoms with van der Waals surface area (Å²) in [5.41, 5.74) is 0. The van der Waals surface area contributed by atoms with Gasteiger partial charge in [0.25, 0.3) is 7.82 Å². The van der Waals surface area contributed by atoms with Crippen LogP contribution in [0.5, 0.6) is 0 Å². The molecule has 0 aromatic carbocycles. The summed E-state index contributed by atoms with van der Waals surface area (Å²) in [4.78, 5) is 37.5. The molecule has 328 valence electrons. The van der Waals surface area contributed by atoms with E-state index >= 15 is 0 Å². The van der Waals surface area contributed by atoms with Crippen molar-refractivity contribution in [3.8, 4) is 0 Å². The van der Waals surface area contributed by atoms with Gasteiger partial charge in [0.05, 0.1) is 27.7 Å². The van der Waals surface area contributed by atoms with E-state index in [1.54, 1.807) is 0 Å². The number of esters is 2. The minimum Gasteiger partial charge on any atom is -0.756 e. The summed E-state index contributed by atoms with van der Waals surface area (Å²) in [6, 6.07) is 0. The number of hydrogen-bond donors (Lipinski definition) is 0. The standard InChI is InChI=1S/C47H82NO8P/c1-6-8-10-12-14-16-18-20-22-23-24-25-26-28-30-32-34-36-38-40-47(50)56-45(44-55-57(51,52)54-42-41-48(3,4)5)43-53-46(49)39-37-35-33-31-29-27-21-19-17-15-13-11-9-7-2/h8,10,14,16,19-22,24-25,28,30,45H,6-7,9,11-13,15,17-18,23,26-27,29,31-44H2,1-5H3/b10-8+,16-14+,21-19+,22-20+,25-24+,30-28+/t45-/m1/s1. The molecule has 10 heteroatoms. The second kappa shape index (κ2) is 38.9. The number of hydrogen-bond acceptors (Lipinski definition) is 8. The molecule has 0 radical (unpaired) electrons. The number of nitrogens with zero attached hydrogens (tertiary/aromatic N) is 1. The number of phosphoric ester groups is 1. The van der Waals surface area contributed by atoms with Crippen LogP contribution in [0.2, 0.25) is 0 Å². The molecule has 2 atom stereocenters. The van der Waals surface area contributed by atoms with Gasteiger partial charge in [-0.1, -0.05) is 138 Å². The normalized spacial score (nSPS) is 14.3. The molecule has 0 saturated carbocycles. The predicted molar refractivity (Wildman–Crippen MR) is 236 cm³/mol. The molecule has 0 saturated heterocycles. The van der Waals surface area contributed by atoms with Crippen molar-refractivity contribution in [3.63, 3.8) is 0 Å². The Balaban J connectivity index is 4.45. The maximum absolute atomic E-state index is 12.7. The number of phosphoric acid groups is 1. The lowest BCUT2D eigenvalue weighted by Gasteiger charge is -2.28. The van der Waals surface area contributed by atoms with E-state index in [0.29, 0.717) is 23.9 Å². The number of unbranched alkanes of at least 4 members (excludes halogenated alkanes) is 13. The van der Waals surface area contributed by atoms with E-state index in [1.165, 1.54) is 38.5 Å². The van der Waals surface area contributed by atoms with Gasteiger partial charge in [0, 0.05) is 12.8 Å². The molecule has 0 rings (SSSR count). The van der Waals surface area contributed by atoms with Gasteiger partial charge in [-0.15, -0.1) is 0 Å². The topological polar surface area (TPSA) is 111 Å². The molecule has 0 aromatic rings. The molecule has 1 unspecified atom stereocenters. The summed E-state index contributed by atoms with van der Waals surface area (Å²) in [7, 11) is 1.13. The summed E-state index contributed by atoms with van der Waals surface area (Å²) in [5.74, 6) is -0.888. The zero-order chi connectivity index (χ0) is 42.1. The van der Waals surface area contributed by atoms with Crippen molar-refractivity contribution in [2.45, 2.75) is 168 Å². The minimum absolute atomic E-state index is 0.0424. The van der Waals surface area contributed by atoms with Crippen LogP contribution in [0.25, 0.3) is 0 Å². The van der Waals surface area contributed by atoms with Gasteiger partial charge in [-0.05, 0) is 83.5 Å². The first-order chi connectivity index (χ1) is 27.5. The highest BCUT2D eigenvalue weighted by Crippen LogP contribution is 2.38. The van der Waals surface area contributed by atoms with E-state index in [1.807, 2.05) is 21.1 Å². The molecular formula is C47H82NO8P. The summed E-state index contributed by atoms with van der Waals surface area (Å²) in [5, 5.41) is 0. The van der Waals surface area contributed by atoms with Crippen molar-refractivity contribution in [1.29, 1.82) is 0 Å². The molecular weight excluding hydrogens is 737 g/mol. The van der Waals surface area contributed by atoms with E-state index in [9.17, 15) is 19.0 Å². The van der Waals surface area contributed by atoms with Gasteiger partial charge in [0.2, 0.25) is 0 Å². The first-order valence-electron chi connectivity index (χ1n) is 22.1. The van der Waals surface area contributed by atoms with Crippen molar-refractivity contribution >= 4 is 19.8 Å². The fourth-order valence-electron chi connectivity index (χ4n) is 5.50. The number of carbonyl (C=O) groups excluding carboxylic acids is 2. The van der Waals surface area contributed by atoms with Gasteiger partial charge in [0.1, 0.15) is 19.8 Å². The van der Waals surface area contributed by atoms with Crippen LogP contribution in [0.4, 0.5) is 0 Å². The van der Waals surface area contributed by atoms with Crippen LogP contribution < -0.4 is 4.89 Å². The first kappa shape index (κ1) is 54.5. The highest BCUT2D eigenvalue weighted by molar-refractivity contribution is 7.45. The van der Waals surface area contributed by atoms with Gasteiger partial charge >= 0.3 is 11.9 Å². The van der Waals surface area contributed by atoms with E-state index in [4.69, 9.17) is 18.5 Å². The molecule has 0 N–H and O–H groups in total. The van der Waals surface area contributed by atoms with Crippen molar-refractivity contribution in [3.05, 3.63) is 72.9 Å². The second-order valence-corrected chi connectivity index (χ2v) is 17.1. The van der Waals surface area contributed by atoms with Gasteiger partial charge in [0.15, 0.2) is 6.10 Å². The Morgan fingerprint density at radius 1 is 0.561 bits per heavy atom. The molecule has 57 heavy (non-hydrogen) atoms. The Morgan fingerprint density at radius 2 is 1.00 bits per heavy atom. The number of rotatable bonds is 39.